The van der Waals surface area contributed by atoms with Gasteiger partial charge < -0.3 is 14.8 Å². The topological polar surface area (TPSA) is 78.3 Å². The van der Waals surface area contributed by atoms with Crippen molar-refractivity contribution < 1.29 is 14.3 Å². The van der Waals surface area contributed by atoms with Crippen LogP contribution in [0.5, 0.6) is 11.5 Å². The summed E-state index contributed by atoms with van der Waals surface area (Å²) in [5, 5.41) is 2.93. The Bertz CT molecular complexity index is 1480. The highest BCUT2D eigenvalue weighted by Crippen LogP contribution is 2.23. The van der Waals surface area contributed by atoms with Crippen molar-refractivity contribution in [2.75, 3.05) is 13.2 Å². The van der Waals surface area contributed by atoms with E-state index in [-0.39, 0.29) is 5.91 Å². The minimum atomic E-state index is -0.151. The molecule has 1 amide bonds. The van der Waals surface area contributed by atoms with Crippen LogP contribution in [0.1, 0.15) is 27.9 Å². The van der Waals surface area contributed by atoms with Crippen LogP contribution in [0.2, 0.25) is 0 Å². The van der Waals surface area contributed by atoms with Crippen LogP contribution in [-0.4, -0.2) is 33.7 Å². The Hall–Kier alpha value is -4.65. The molecule has 1 N–H and O–H groups in total. The lowest BCUT2D eigenvalue weighted by Gasteiger charge is -2.10. The maximum atomic E-state index is 12.6. The van der Waals surface area contributed by atoms with Gasteiger partial charge in [-0.25, -0.2) is 4.98 Å². The second-order valence-electron chi connectivity index (χ2n) is 8.72. The van der Waals surface area contributed by atoms with E-state index in [9.17, 15) is 4.79 Å². The van der Waals surface area contributed by atoms with E-state index in [0.29, 0.717) is 25.3 Å². The van der Waals surface area contributed by atoms with E-state index in [1.165, 1.54) is 5.56 Å². The Labute approximate surface area is 215 Å². The molecule has 2 heterocycles. The van der Waals surface area contributed by atoms with Crippen LogP contribution in [0.3, 0.4) is 0 Å². The highest BCUT2D eigenvalue weighted by molar-refractivity contribution is 5.97. The molecule has 0 unspecified atom stereocenters. The number of hydrogen-bond donors (Lipinski definition) is 1. The average molecular weight is 493 g/mol. The SMILES string of the molecule is Cc1ccc(OCCCOc2cccc(-n3cnc4cc(C(=O)NCc5cccnc5)ccc43)c2)cc1. The summed E-state index contributed by atoms with van der Waals surface area (Å²) in [6, 6.07) is 25.2. The smallest absolute Gasteiger partial charge is 0.251 e. The average Bonchev–Trinajstić information content (AvgIpc) is 3.37. The van der Waals surface area contributed by atoms with Crippen molar-refractivity contribution in [2.45, 2.75) is 19.9 Å². The van der Waals surface area contributed by atoms with E-state index in [1.807, 2.05) is 77.4 Å². The number of imidazole rings is 1. The van der Waals surface area contributed by atoms with Crippen LogP contribution in [0.15, 0.2) is 97.6 Å². The van der Waals surface area contributed by atoms with Crippen molar-refractivity contribution >= 4 is 16.9 Å². The molecule has 0 saturated carbocycles. The summed E-state index contributed by atoms with van der Waals surface area (Å²) in [7, 11) is 0. The fourth-order valence-corrected chi connectivity index (χ4v) is 3.94. The normalized spacial score (nSPS) is 10.8. The molecule has 37 heavy (non-hydrogen) atoms. The van der Waals surface area contributed by atoms with Gasteiger partial charge >= 0.3 is 0 Å². The largest absolute Gasteiger partial charge is 0.493 e. The molecular formula is C30H28N4O3. The molecule has 0 fully saturated rings. The molecule has 0 aliphatic carbocycles. The first-order valence-electron chi connectivity index (χ1n) is 12.2. The molecule has 2 aromatic heterocycles. The van der Waals surface area contributed by atoms with Crippen molar-refractivity contribution in [3.05, 3.63) is 114 Å². The number of amides is 1. The Morgan fingerprint density at radius 2 is 1.76 bits per heavy atom. The molecule has 186 valence electrons. The zero-order valence-electron chi connectivity index (χ0n) is 20.6. The number of pyridine rings is 1. The van der Waals surface area contributed by atoms with E-state index in [1.54, 1.807) is 24.8 Å². The van der Waals surface area contributed by atoms with Gasteiger partial charge in [0.1, 0.15) is 17.8 Å². The van der Waals surface area contributed by atoms with Gasteiger partial charge in [-0.3, -0.25) is 14.3 Å². The van der Waals surface area contributed by atoms with E-state index < -0.39 is 0 Å². The number of fused-ring (bicyclic) bond motifs is 1. The second kappa shape index (κ2) is 11.4. The number of nitrogens with zero attached hydrogens (tertiary/aromatic N) is 3. The van der Waals surface area contributed by atoms with Gasteiger partial charge in [-0.05, 0) is 61.0 Å². The lowest BCUT2D eigenvalue weighted by atomic mass is 10.1. The number of nitrogens with one attached hydrogen (secondary N) is 1. The Morgan fingerprint density at radius 1 is 0.919 bits per heavy atom. The molecule has 7 heteroatoms. The van der Waals surface area contributed by atoms with E-state index >= 15 is 0 Å². The van der Waals surface area contributed by atoms with Crippen molar-refractivity contribution in [3.63, 3.8) is 0 Å². The molecule has 3 aromatic carbocycles. The Balaban J connectivity index is 1.19. The summed E-state index contributed by atoms with van der Waals surface area (Å²) >= 11 is 0. The van der Waals surface area contributed by atoms with Crippen molar-refractivity contribution in [3.8, 4) is 17.2 Å². The molecule has 5 aromatic rings. The van der Waals surface area contributed by atoms with Crippen LogP contribution < -0.4 is 14.8 Å². The third-order valence-corrected chi connectivity index (χ3v) is 5.93. The van der Waals surface area contributed by atoms with Crippen LogP contribution in [0, 0.1) is 6.92 Å². The van der Waals surface area contributed by atoms with Gasteiger partial charge in [0, 0.05) is 37.0 Å². The van der Waals surface area contributed by atoms with Crippen molar-refractivity contribution in [1.29, 1.82) is 0 Å². The minimum absolute atomic E-state index is 0.151. The fraction of sp³-hybridized carbons (Fsp3) is 0.167. The van der Waals surface area contributed by atoms with Crippen LogP contribution in [-0.2, 0) is 6.54 Å². The van der Waals surface area contributed by atoms with Crippen LogP contribution in [0.4, 0.5) is 0 Å². The number of aromatic nitrogens is 3. The molecule has 0 atom stereocenters. The van der Waals surface area contributed by atoms with Crippen LogP contribution >= 0.6 is 0 Å². The number of carbonyl (C=O) groups is 1. The Morgan fingerprint density at radius 3 is 2.57 bits per heavy atom. The lowest BCUT2D eigenvalue weighted by Crippen LogP contribution is -2.22. The second-order valence-corrected chi connectivity index (χ2v) is 8.72. The number of hydrogen-bond acceptors (Lipinski definition) is 5. The fourth-order valence-electron chi connectivity index (χ4n) is 3.94. The summed E-state index contributed by atoms with van der Waals surface area (Å²) < 4.78 is 13.7. The molecule has 0 spiro atoms. The summed E-state index contributed by atoms with van der Waals surface area (Å²) in [4.78, 5) is 21.2. The molecule has 7 nitrogen and oxygen atoms in total. The first kappa shape index (κ1) is 24.1. The van der Waals surface area contributed by atoms with Crippen molar-refractivity contribution in [1.82, 2.24) is 19.9 Å². The number of rotatable bonds is 10. The van der Waals surface area contributed by atoms with Gasteiger partial charge in [0.15, 0.2) is 0 Å². The summed E-state index contributed by atoms with van der Waals surface area (Å²) in [5.41, 5.74) is 5.31. The first-order chi connectivity index (χ1) is 18.2. The van der Waals surface area contributed by atoms with E-state index in [2.05, 4.69) is 22.2 Å². The standard InChI is InChI=1S/C30H28N4O3/c1-22-8-11-26(12-9-22)36-15-4-16-37-27-7-2-6-25(18-27)34-21-33-28-17-24(10-13-29(28)34)30(35)32-20-23-5-3-14-31-19-23/h2-3,5-14,17-19,21H,4,15-16,20H2,1H3,(H,32,35). The Kier molecular flexibility index (Phi) is 7.41. The first-order valence-corrected chi connectivity index (χ1v) is 12.2. The molecule has 0 radical (unpaired) electrons. The van der Waals surface area contributed by atoms with Crippen molar-refractivity contribution in [2.24, 2.45) is 0 Å². The quantitative estimate of drug-likeness (QED) is 0.260. The molecular weight excluding hydrogens is 464 g/mol. The van der Waals surface area contributed by atoms with Gasteiger partial charge in [-0.1, -0.05) is 29.8 Å². The molecule has 0 saturated heterocycles. The number of ether oxygens (including phenoxy) is 2. The highest BCUT2D eigenvalue weighted by atomic mass is 16.5. The molecule has 0 aliphatic rings. The predicted octanol–water partition coefficient (Wildman–Crippen LogP) is 5.51. The predicted molar refractivity (Wildman–Crippen MR) is 143 cm³/mol. The minimum Gasteiger partial charge on any atom is -0.493 e. The van der Waals surface area contributed by atoms with Gasteiger partial charge in [0.2, 0.25) is 0 Å². The molecule has 0 bridgehead atoms. The maximum Gasteiger partial charge on any atom is 0.251 e. The number of carbonyl (C=O) groups excluding carboxylic acids is 1. The summed E-state index contributed by atoms with van der Waals surface area (Å²) in [6.45, 7) is 3.62. The summed E-state index contributed by atoms with van der Waals surface area (Å²) in [5.74, 6) is 1.50. The van der Waals surface area contributed by atoms with E-state index in [4.69, 9.17) is 9.47 Å². The lowest BCUT2D eigenvalue weighted by molar-refractivity contribution is 0.0951. The zero-order chi connectivity index (χ0) is 25.5. The highest BCUT2D eigenvalue weighted by Gasteiger charge is 2.11. The summed E-state index contributed by atoms with van der Waals surface area (Å²) in [6.07, 6.45) is 5.98. The van der Waals surface area contributed by atoms with Crippen LogP contribution in [0.25, 0.3) is 16.7 Å². The molecule has 5 rings (SSSR count). The number of aryl methyl sites for hydroxylation is 1. The number of benzene rings is 3. The molecule has 0 aliphatic heterocycles. The van der Waals surface area contributed by atoms with Gasteiger partial charge in [-0.15, -0.1) is 0 Å². The maximum absolute atomic E-state index is 12.6. The van der Waals surface area contributed by atoms with Gasteiger partial charge in [-0.2, -0.15) is 0 Å². The monoisotopic (exact) mass is 492 g/mol. The third kappa shape index (κ3) is 6.13. The van der Waals surface area contributed by atoms with Gasteiger partial charge in [0.05, 0.1) is 29.9 Å². The van der Waals surface area contributed by atoms with Gasteiger partial charge in [0.25, 0.3) is 5.91 Å². The zero-order valence-corrected chi connectivity index (χ0v) is 20.6. The van der Waals surface area contributed by atoms with E-state index in [0.717, 1.165) is 40.2 Å². The third-order valence-electron chi connectivity index (χ3n) is 5.93.